The van der Waals surface area contributed by atoms with Gasteiger partial charge in [-0.05, 0) is 13.8 Å². The number of hydrogen-bond donors (Lipinski definition) is 1. The molecule has 3 nitrogen and oxygen atoms in total. The van der Waals surface area contributed by atoms with Crippen molar-refractivity contribution in [1.82, 2.24) is 9.97 Å². The average molecular weight is 247 g/mol. The number of aromatic nitrogens is 2. The highest BCUT2D eigenvalue weighted by Crippen LogP contribution is 2.02. The van der Waals surface area contributed by atoms with Gasteiger partial charge in [0, 0.05) is 12.2 Å². The fraction of sp³-hybridized carbons (Fsp3) is 0.429. The van der Waals surface area contributed by atoms with Crippen LogP contribution >= 0.6 is 37.2 Å². The van der Waals surface area contributed by atoms with Gasteiger partial charge in [-0.25, -0.2) is 0 Å². The van der Waals surface area contributed by atoms with E-state index in [9.17, 15) is 0 Å². The van der Waals surface area contributed by atoms with Crippen LogP contribution in [0.15, 0.2) is 12.4 Å². The SMILES string of the molecule is Cc1cnc([C@@H](C)N)cn1.Cl.Cl.Cl. The molecule has 0 amide bonds. The first-order chi connectivity index (χ1) is 4.70. The molecule has 6 heteroatoms. The summed E-state index contributed by atoms with van der Waals surface area (Å²) in [6.45, 7) is 3.79. The van der Waals surface area contributed by atoms with Crippen molar-refractivity contribution in [3.63, 3.8) is 0 Å². The highest BCUT2D eigenvalue weighted by atomic mass is 35.5. The first-order valence-electron chi connectivity index (χ1n) is 3.24. The Morgan fingerprint density at radius 2 is 1.69 bits per heavy atom. The van der Waals surface area contributed by atoms with Gasteiger partial charge in [-0.1, -0.05) is 0 Å². The van der Waals surface area contributed by atoms with Gasteiger partial charge in [-0.3, -0.25) is 9.97 Å². The van der Waals surface area contributed by atoms with Gasteiger partial charge in [0.2, 0.25) is 0 Å². The molecule has 0 aromatic carbocycles. The molecule has 2 N–H and O–H groups in total. The third kappa shape index (κ3) is 6.05. The molecule has 78 valence electrons. The van der Waals surface area contributed by atoms with Crippen molar-refractivity contribution in [1.29, 1.82) is 0 Å². The minimum atomic E-state index is -0.0203. The minimum Gasteiger partial charge on any atom is -0.323 e. The number of halogens is 3. The second-order valence-corrected chi connectivity index (χ2v) is 2.37. The van der Waals surface area contributed by atoms with Crippen LogP contribution in [0.2, 0.25) is 0 Å². The summed E-state index contributed by atoms with van der Waals surface area (Å²) in [5.74, 6) is 0. The maximum absolute atomic E-state index is 5.56. The van der Waals surface area contributed by atoms with E-state index < -0.39 is 0 Å². The van der Waals surface area contributed by atoms with E-state index in [4.69, 9.17) is 5.73 Å². The van der Waals surface area contributed by atoms with Gasteiger partial charge in [0.25, 0.3) is 0 Å². The monoisotopic (exact) mass is 245 g/mol. The fourth-order valence-electron chi connectivity index (χ4n) is 0.638. The summed E-state index contributed by atoms with van der Waals surface area (Å²) in [4.78, 5) is 8.15. The van der Waals surface area contributed by atoms with Gasteiger partial charge >= 0.3 is 0 Å². The van der Waals surface area contributed by atoms with Gasteiger partial charge < -0.3 is 5.73 Å². The number of hydrogen-bond acceptors (Lipinski definition) is 3. The lowest BCUT2D eigenvalue weighted by Crippen LogP contribution is -2.07. The standard InChI is InChI=1S/C7H11N3.3ClH/c1-5-3-10-7(4-9-5)6(2)8;;;/h3-4,6H,8H2,1-2H3;3*1H/t6-;;;/m1.../s1. The zero-order valence-corrected chi connectivity index (χ0v) is 9.88. The molecular weight excluding hydrogens is 232 g/mol. The first kappa shape index (κ1) is 18.6. The predicted molar refractivity (Wildman–Crippen MR) is 61.1 cm³/mol. The highest BCUT2D eigenvalue weighted by molar-refractivity contribution is 5.86. The molecule has 1 heterocycles. The zero-order valence-electron chi connectivity index (χ0n) is 7.43. The lowest BCUT2D eigenvalue weighted by molar-refractivity contribution is 0.769. The molecule has 1 rings (SSSR count). The number of nitrogens with zero attached hydrogens (tertiary/aromatic N) is 2. The van der Waals surface area contributed by atoms with E-state index in [1.54, 1.807) is 12.4 Å². The van der Waals surface area contributed by atoms with E-state index >= 15 is 0 Å². The molecule has 0 saturated carbocycles. The molecule has 1 aromatic rings. The normalized spacial score (nSPS) is 10.1. The van der Waals surface area contributed by atoms with E-state index in [1.807, 2.05) is 13.8 Å². The zero-order chi connectivity index (χ0) is 7.56. The van der Waals surface area contributed by atoms with Crippen molar-refractivity contribution < 1.29 is 0 Å². The van der Waals surface area contributed by atoms with Crippen LogP contribution in [0.1, 0.15) is 24.4 Å². The molecule has 0 aliphatic heterocycles. The summed E-state index contributed by atoms with van der Waals surface area (Å²) in [5, 5.41) is 0. The van der Waals surface area contributed by atoms with E-state index in [0.29, 0.717) is 0 Å². The summed E-state index contributed by atoms with van der Waals surface area (Å²) in [6.07, 6.45) is 3.43. The van der Waals surface area contributed by atoms with Gasteiger partial charge in [0.05, 0.1) is 17.6 Å². The molecule has 0 radical (unpaired) electrons. The molecule has 0 fully saturated rings. The van der Waals surface area contributed by atoms with Crippen LogP contribution in [0.5, 0.6) is 0 Å². The Labute approximate surface area is 96.8 Å². The number of nitrogens with two attached hydrogens (primary N) is 1. The van der Waals surface area contributed by atoms with Crippen LogP contribution in [0.25, 0.3) is 0 Å². The molecule has 0 bridgehead atoms. The maximum atomic E-state index is 5.56. The molecular formula is C7H14Cl3N3. The summed E-state index contributed by atoms with van der Waals surface area (Å²) >= 11 is 0. The minimum absolute atomic E-state index is 0. The first-order valence-corrected chi connectivity index (χ1v) is 3.24. The van der Waals surface area contributed by atoms with Gasteiger partial charge in [0.1, 0.15) is 0 Å². The Hall–Kier alpha value is -0.0900. The smallest absolute Gasteiger partial charge is 0.0751 e. The van der Waals surface area contributed by atoms with Gasteiger partial charge in [-0.2, -0.15) is 0 Å². The van der Waals surface area contributed by atoms with Crippen LogP contribution in [0.3, 0.4) is 0 Å². The molecule has 0 saturated heterocycles. The summed E-state index contributed by atoms with van der Waals surface area (Å²) in [7, 11) is 0. The van der Waals surface area contributed by atoms with Crippen molar-refractivity contribution in [3.05, 3.63) is 23.8 Å². The quantitative estimate of drug-likeness (QED) is 0.825. The summed E-state index contributed by atoms with van der Waals surface area (Å²) in [5.41, 5.74) is 7.32. The molecule has 0 aliphatic carbocycles. The third-order valence-electron chi connectivity index (χ3n) is 1.27. The molecule has 0 aliphatic rings. The van der Waals surface area contributed by atoms with E-state index in [1.165, 1.54) is 0 Å². The lowest BCUT2D eigenvalue weighted by Gasteiger charge is -2.01. The Balaban J connectivity index is -0.000000333. The maximum Gasteiger partial charge on any atom is 0.0751 e. The number of rotatable bonds is 1. The van der Waals surface area contributed by atoms with Crippen molar-refractivity contribution in [3.8, 4) is 0 Å². The Morgan fingerprint density at radius 1 is 1.15 bits per heavy atom. The largest absolute Gasteiger partial charge is 0.323 e. The highest BCUT2D eigenvalue weighted by Gasteiger charge is 1.98. The van der Waals surface area contributed by atoms with Crippen molar-refractivity contribution >= 4 is 37.2 Å². The Kier molecular flexibility index (Phi) is 12.2. The summed E-state index contributed by atoms with van der Waals surface area (Å²) in [6, 6.07) is -0.0203. The third-order valence-corrected chi connectivity index (χ3v) is 1.27. The summed E-state index contributed by atoms with van der Waals surface area (Å²) < 4.78 is 0. The second-order valence-electron chi connectivity index (χ2n) is 2.37. The topological polar surface area (TPSA) is 51.8 Å². The van der Waals surface area contributed by atoms with Crippen LogP contribution < -0.4 is 5.73 Å². The van der Waals surface area contributed by atoms with Crippen LogP contribution in [0, 0.1) is 6.92 Å². The van der Waals surface area contributed by atoms with E-state index in [2.05, 4.69) is 9.97 Å². The lowest BCUT2D eigenvalue weighted by atomic mass is 10.3. The van der Waals surface area contributed by atoms with E-state index in [0.717, 1.165) is 11.4 Å². The van der Waals surface area contributed by atoms with E-state index in [-0.39, 0.29) is 43.3 Å². The molecule has 0 unspecified atom stereocenters. The van der Waals surface area contributed by atoms with Crippen LogP contribution in [-0.4, -0.2) is 9.97 Å². The molecule has 13 heavy (non-hydrogen) atoms. The second kappa shape index (κ2) is 8.51. The predicted octanol–water partition coefficient (Wildman–Crippen LogP) is 2.07. The van der Waals surface area contributed by atoms with Gasteiger partial charge in [0.15, 0.2) is 0 Å². The number of aryl methyl sites for hydroxylation is 1. The molecule has 0 spiro atoms. The fourth-order valence-corrected chi connectivity index (χ4v) is 0.638. The van der Waals surface area contributed by atoms with Crippen LogP contribution in [-0.2, 0) is 0 Å². The average Bonchev–Trinajstić information content (AvgIpc) is 1.88. The molecule has 1 aromatic heterocycles. The Morgan fingerprint density at radius 3 is 2.00 bits per heavy atom. The Bertz CT molecular complexity index is 213. The van der Waals surface area contributed by atoms with Crippen molar-refractivity contribution in [2.75, 3.05) is 0 Å². The van der Waals surface area contributed by atoms with Crippen molar-refractivity contribution in [2.24, 2.45) is 5.73 Å². The van der Waals surface area contributed by atoms with Gasteiger partial charge in [-0.15, -0.1) is 37.2 Å². The van der Waals surface area contributed by atoms with Crippen LogP contribution in [0.4, 0.5) is 0 Å². The van der Waals surface area contributed by atoms with Crippen molar-refractivity contribution in [2.45, 2.75) is 19.9 Å². The molecule has 1 atom stereocenters.